The fraction of sp³-hybridized carbons (Fsp3) is 0.611. The highest BCUT2D eigenvalue weighted by molar-refractivity contribution is 5.67. The van der Waals surface area contributed by atoms with E-state index in [1.54, 1.807) is 0 Å². The molecular weight excluding hydrogens is 262 g/mol. The molecule has 21 heavy (non-hydrogen) atoms. The van der Waals surface area contributed by atoms with E-state index in [0.717, 1.165) is 18.9 Å². The van der Waals surface area contributed by atoms with Crippen LogP contribution in [-0.2, 0) is 11.2 Å². The van der Waals surface area contributed by atoms with Gasteiger partial charge in [0.1, 0.15) is 0 Å². The number of hydrogen-bond acceptors (Lipinski definition) is 2. The van der Waals surface area contributed by atoms with Gasteiger partial charge in [-0.2, -0.15) is 0 Å². The van der Waals surface area contributed by atoms with Crippen molar-refractivity contribution in [2.75, 3.05) is 6.54 Å². The minimum Gasteiger partial charge on any atom is -0.481 e. The highest BCUT2D eigenvalue weighted by Crippen LogP contribution is 2.32. The molecule has 2 rings (SSSR count). The second-order valence-corrected chi connectivity index (χ2v) is 6.13. The molecule has 0 aromatic heterocycles. The van der Waals surface area contributed by atoms with Gasteiger partial charge in [-0.25, -0.2) is 0 Å². The second kappa shape index (κ2) is 8.18. The van der Waals surface area contributed by atoms with Crippen LogP contribution >= 0.6 is 0 Å². The summed E-state index contributed by atoms with van der Waals surface area (Å²) in [5, 5.41) is 12.2. The van der Waals surface area contributed by atoms with Crippen molar-refractivity contribution < 1.29 is 9.90 Å². The zero-order chi connectivity index (χ0) is 15.1. The van der Waals surface area contributed by atoms with Gasteiger partial charge in [-0.15, -0.1) is 0 Å². The average molecular weight is 289 g/mol. The number of hydrogen-bond donors (Lipinski definition) is 2. The first kappa shape index (κ1) is 16.0. The monoisotopic (exact) mass is 289 g/mol. The molecule has 1 aromatic rings. The van der Waals surface area contributed by atoms with Crippen LogP contribution in [0, 0.1) is 0 Å². The van der Waals surface area contributed by atoms with E-state index in [4.69, 9.17) is 5.11 Å². The summed E-state index contributed by atoms with van der Waals surface area (Å²) in [6.07, 6.45) is 7.69. The lowest BCUT2D eigenvalue weighted by atomic mass is 9.84. The first-order valence-corrected chi connectivity index (χ1v) is 8.23. The largest absolute Gasteiger partial charge is 0.481 e. The fourth-order valence-electron chi connectivity index (χ4n) is 3.36. The predicted molar refractivity (Wildman–Crippen MR) is 85.7 cm³/mol. The van der Waals surface area contributed by atoms with Crippen LogP contribution in [0.2, 0.25) is 0 Å². The van der Waals surface area contributed by atoms with Gasteiger partial charge in [0.15, 0.2) is 0 Å². The number of carboxylic acids is 1. The number of carboxylic acid groups (broad SMARTS) is 1. The zero-order valence-electron chi connectivity index (χ0n) is 13.0. The van der Waals surface area contributed by atoms with E-state index in [9.17, 15) is 4.79 Å². The van der Waals surface area contributed by atoms with Crippen LogP contribution in [0.4, 0.5) is 0 Å². The summed E-state index contributed by atoms with van der Waals surface area (Å²) in [4.78, 5) is 10.9. The number of rotatable bonds is 7. The van der Waals surface area contributed by atoms with E-state index in [2.05, 4.69) is 29.6 Å². The van der Waals surface area contributed by atoms with Crippen LogP contribution in [0.3, 0.4) is 0 Å². The quantitative estimate of drug-likeness (QED) is 0.804. The minimum atomic E-state index is -0.736. The van der Waals surface area contributed by atoms with Crippen LogP contribution < -0.4 is 5.32 Å². The molecule has 1 saturated carbocycles. The lowest BCUT2D eigenvalue weighted by Gasteiger charge is -2.22. The maximum atomic E-state index is 10.9. The molecule has 0 radical (unpaired) electrons. The van der Waals surface area contributed by atoms with Gasteiger partial charge in [-0.05, 0) is 42.9 Å². The first-order chi connectivity index (χ1) is 10.2. The summed E-state index contributed by atoms with van der Waals surface area (Å²) < 4.78 is 0. The van der Waals surface area contributed by atoms with Crippen LogP contribution in [-0.4, -0.2) is 23.7 Å². The van der Waals surface area contributed by atoms with Gasteiger partial charge in [-0.1, -0.05) is 50.5 Å². The predicted octanol–water partition coefficient (Wildman–Crippen LogP) is 3.73. The molecule has 2 N–H and O–H groups in total. The third-order valence-corrected chi connectivity index (χ3v) is 4.45. The van der Waals surface area contributed by atoms with Gasteiger partial charge >= 0.3 is 5.97 Å². The van der Waals surface area contributed by atoms with Gasteiger partial charge in [0.25, 0.3) is 0 Å². The van der Waals surface area contributed by atoms with Gasteiger partial charge in [0.2, 0.25) is 0 Å². The fourth-order valence-corrected chi connectivity index (χ4v) is 3.36. The second-order valence-electron chi connectivity index (χ2n) is 6.13. The maximum Gasteiger partial charge on any atom is 0.304 e. The third-order valence-electron chi connectivity index (χ3n) is 4.45. The molecular formula is C18H27NO2. The smallest absolute Gasteiger partial charge is 0.304 e. The molecule has 116 valence electrons. The highest BCUT2D eigenvalue weighted by atomic mass is 16.4. The summed E-state index contributed by atoms with van der Waals surface area (Å²) in [6, 6.07) is 8.87. The Morgan fingerprint density at radius 2 is 1.90 bits per heavy atom. The number of nitrogens with one attached hydrogen (secondary N) is 1. The molecule has 0 saturated heterocycles. The summed E-state index contributed by atoms with van der Waals surface area (Å²) in [5.41, 5.74) is 2.68. The molecule has 0 bridgehead atoms. The molecule has 1 atom stereocenters. The molecule has 3 heteroatoms. The van der Waals surface area contributed by atoms with Gasteiger partial charge in [0.05, 0.1) is 6.42 Å². The van der Waals surface area contributed by atoms with Crippen molar-refractivity contribution in [3.05, 3.63) is 35.4 Å². The molecule has 1 aromatic carbocycles. The van der Waals surface area contributed by atoms with Crippen molar-refractivity contribution in [1.82, 2.24) is 5.32 Å². The van der Waals surface area contributed by atoms with Crippen molar-refractivity contribution in [2.24, 2.45) is 0 Å². The average Bonchev–Trinajstić information content (AvgIpc) is 2.48. The molecule has 0 aliphatic heterocycles. The van der Waals surface area contributed by atoms with Gasteiger partial charge in [0, 0.05) is 6.04 Å². The van der Waals surface area contributed by atoms with Crippen molar-refractivity contribution in [2.45, 2.75) is 63.8 Å². The number of likely N-dealkylation sites (N-methyl/N-ethyl adjacent to an activating group) is 1. The topological polar surface area (TPSA) is 49.3 Å². The third kappa shape index (κ3) is 5.16. The van der Waals surface area contributed by atoms with E-state index < -0.39 is 5.97 Å². The molecule has 0 spiro atoms. The van der Waals surface area contributed by atoms with E-state index in [1.165, 1.54) is 43.2 Å². The summed E-state index contributed by atoms with van der Waals surface area (Å²) in [7, 11) is 0. The molecule has 0 amide bonds. The van der Waals surface area contributed by atoms with Crippen LogP contribution in [0.1, 0.15) is 62.5 Å². The van der Waals surface area contributed by atoms with Gasteiger partial charge < -0.3 is 10.4 Å². The molecule has 1 fully saturated rings. The number of benzene rings is 1. The van der Waals surface area contributed by atoms with Crippen LogP contribution in [0.15, 0.2) is 24.3 Å². The normalized spacial score (nSPS) is 17.6. The minimum absolute atomic E-state index is 0.0213. The molecule has 0 heterocycles. The highest BCUT2D eigenvalue weighted by Gasteiger charge is 2.16. The Labute approximate surface area is 127 Å². The van der Waals surface area contributed by atoms with Crippen LogP contribution in [0.5, 0.6) is 0 Å². The van der Waals surface area contributed by atoms with E-state index in [1.807, 2.05) is 6.92 Å². The maximum absolute atomic E-state index is 10.9. The van der Waals surface area contributed by atoms with Crippen molar-refractivity contribution >= 4 is 5.97 Å². The van der Waals surface area contributed by atoms with Gasteiger partial charge in [-0.3, -0.25) is 4.79 Å². The Morgan fingerprint density at radius 1 is 1.24 bits per heavy atom. The van der Waals surface area contributed by atoms with Crippen molar-refractivity contribution in [1.29, 1.82) is 0 Å². The summed E-state index contributed by atoms with van der Waals surface area (Å²) in [6.45, 7) is 2.82. The Balaban J connectivity index is 1.95. The van der Waals surface area contributed by atoms with E-state index in [0.29, 0.717) is 0 Å². The standard InChI is InChI=1S/C18H27NO2/c1-2-19-17(13-18(20)21)12-14-8-10-16(11-9-14)15-6-4-3-5-7-15/h8-11,15,17,19H,2-7,12-13H2,1H3,(H,20,21). The first-order valence-electron chi connectivity index (χ1n) is 8.23. The van der Waals surface area contributed by atoms with E-state index >= 15 is 0 Å². The number of carbonyl (C=O) groups is 1. The number of aliphatic carboxylic acids is 1. The molecule has 1 unspecified atom stereocenters. The van der Waals surface area contributed by atoms with E-state index in [-0.39, 0.29) is 12.5 Å². The Morgan fingerprint density at radius 3 is 2.48 bits per heavy atom. The molecule has 3 nitrogen and oxygen atoms in total. The summed E-state index contributed by atoms with van der Waals surface area (Å²) in [5.74, 6) is -0.00356. The van der Waals surface area contributed by atoms with Crippen molar-refractivity contribution in [3.8, 4) is 0 Å². The lowest BCUT2D eigenvalue weighted by Crippen LogP contribution is -2.33. The molecule has 1 aliphatic carbocycles. The Kier molecular flexibility index (Phi) is 6.24. The van der Waals surface area contributed by atoms with Crippen LogP contribution in [0.25, 0.3) is 0 Å². The molecule has 1 aliphatic rings. The van der Waals surface area contributed by atoms with Crippen molar-refractivity contribution in [3.63, 3.8) is 0 Å². The zero-order valence-corrected chi connectivity index (χ0v) is 13.0. The summed E-state index contributed by atoms with van der Waals surface area (Å²) >= 11 is 0. The lowest BCUT2D eigenvalue weighted by molar-refractivity contribution is -0.137. The Hall–Kier alpha value is -1.35. The Bertz CT molecular complexity index is 435. The SMILES string of the molecule is CCNC(CC(=O)O)Cc1ccc(C2CCCCC2)cc1.